The van der Waals surface area contributed by atoms with E-state index in [1.165, 1.54) is 18.4 Å². The summed E-state index contributed by atoms with van der Waals surface area (Å²) in [5, 5.41) is 3.45. The van der Waals surface area contributed by atoms with Crippen LogP contribution >= 0.6 is 0 Å². The maximum Gasteiger partial charge on any atom is 0.00987 e. The third-order valence-corrected chi connectivity index (χ3v) is 3.79. The highest BCUT2D eigenvalue weighted by atomic mass is 14.9. The summed E-state index contributed by atoms with van der Waals surface area (Å²) in [6, 6.07) is 11.5. The number of hydrogen-bond donors (Lipinski definition) is 1. The van der Waals surface area contributed by atoms with Crippen LogP contribution in [0.5, 0.6) is 0 Å². The zero-order chi connectivity index (χ0) is 12.1. The summed E-state index contributed by atoms with van der Waals surface area (Å²) in [6.07, 6.45) is 9.87. The van der Waals surface area contributed by atoms with Crippen LogP contribution < -0.4 is 5.32 Å². The van der Waals surface area contributed by atoms with Crippen LogP contribution in [-0.2, 0) is 0 Å². The quantitative estimate of drug-likeness (QED) is 0.581. The van der Waals surface area contributed by atoms with E-state index in [4.69, 9.17) is 6.42 Å². The van der Waals surface area contributed by atoms with Gasteiger partial charge in [-0.05, 0) is 43.7 Å². The second-order valence-corrected chi connectivity index (χ2v) is 4.91. The lowest BCUT2D eigenvalue weighted by atomic mass is 10.0. The van der Waals surface area contributed by atoms with E-state index in [1.807, 2.05) is 0 Å². The highest BCUT2D eigenvalue weighted by Gasteiger charge is 2.42. The minimum atomic E-state index is 0.633. The van der Waals surface area contributed by atoms with Gasteiger partial charge < -0.3 is 5.32 Å². The molecule has 0 saturated heterocycles. The molecule has 3 unspecified atom stereocenters. The molecule has 1 fully saturated rings. The molecule has 1 saturated carbocycles. The summed E-state index contributed by atoms with van der Waals surface area (Å²) in [5.41, 5.74) is 1.50. The Morgan fingerprint density at radius 2 is 2.18 bits per heavy atom. The van der Waals surface area contributed by atoms with E-state index < -0.39 is 0 Å². The fraction of sp³-hybridized carbons (Fsp3) is 0.500. The zero-order valence-electron chi connectivity index (χ0n) is 10.5. The zero-order valence-corrected chi connectivity index (χ0v) is 10.5. The van der Waals surface area contributed by atoms with E-state index in [2.05, 4.69) is 48.6 Å². The Hall–Kier alpha value is -1.26. The van der Waals surface area contributed by atoms with Gasteiger partial charge in [-0.1, -0.05) is 30.3 Å². The van der Waals surface area contributed by atoms with Gasteiger partial charge in [-0.2, -0.15) is 0 Å². The molecule has 1 nitrogen and oxygen atoms in total. The molecular weight excluding hydrogens is 206 g/mol. The molecule has 1 heteroatoms. The summed E-state index contributed by atoms with van der Waals surface area (Å²) in [7, 11) is 2.07. The molecule has 90 valence electrons. The third kappa shape index (κ3) is 3.11. The SMILES string of the molecule is C#CCCCC(NC)C1CC1c1ccccc1. The highest BCUT2D eigenvalue weighted by Crippen LogP contribution is 2.50. The molecule has 1 aliphatic carbocycles. The monoisotopic (exact) mass is 227 g/mol. The average Bonchev–Trinajstić information content (AvgIpc) is 3.16. The molecule has 1 aromatic rings. The van der Waals surface area contributed by atoms with Crippen molar-refractivity contribution in [1.29, 1.82) is 0 Å². The van der Waals surface area contributed by atoms with Gasteiger partial charge in [0.25, 0.3) is 0 Å². The molecule has 17 heavy (non-hydrogen) atoms. The Labute approximate surface area is 105 Å². The fourth-order valence-corrected chi connectivity index (χ4v) is 2.74. The summed E-state index contributed by atoms with van der Waals surface area (Å²) in [5.74, 6) is 4.29. The van der Waals surface area contributed by atoms with Gasteiger partial charge in [0.1, 0.15) is 0 Å². The minimum Gasteiger partial charge on any atom is -0.317 e. The van der Waals surface area contributed by atoms with Crippen LogP contribution in [0.4, 0.5) is 0 Å². The molecule has 2 rings (SSSR count). The highest BCUT2D eigenvalue weighted by molar-refractivity contribution is 5.26. The number of unbranched alkanes of at least 4 members (excludes halogenated alkanes) is 1. The van der Waals surface area contributed by atoms with Crippen LogP contribution in [-0.4, -0.2) is 13.1 Å². The van der Waals surface area contributed by atoms with Crippen LogP contribution in [0, 0.1) is 18.3 Å². The minimum absolute atomic E-state index is 0.633. The Balaban J connectivity index is 1.86. The lowest BCUT2D eigenvalue weighted by molar-refractivity contribution is 0.452. The maximum atomic E-state index is 5.30. The molecule has 1 aliphatic rings. The first-order chi connectivity index (χ1) is 8.36. The van der Waals surface area contributed by atoms with Crippen molar-refractivity contribution in [2.24, 2.45) is 5.92 Å². The van der Waals surface area contributed by atoms with Crippen LogP contribution in [0.25, 0.3) is 0 Å². The first kappa shape index (κ1) is 12.2. The molecule has 0 bridgehead atoms. The summed E-state index contributed by atoms with van der Waals surface area (Å²) < 4.78 is 0. The van der Waals surface area contributed by atoms with Crippen LogP contribution in [0.1, 0.15) is 37.2 Å². The third-order valence-electron chi connectivity index (χ3n) is 3.79. The van der Waals surface area contributed by atoms with E-state index in [1.54, 1.807) is 0 Å². The number of hydrogen-bond acceptors (Lipinski definition) is 1. The Morgan fingerprint density at radius 1 is 1.41 bits per heavy atom. The van der Waals surface area contributed by atoms with Gasteiger partial charge >= 0.3 is 0 Å². The van der Waals surface area contributed by atoms with Crippen molar-refractivity contribution in [1.82, 2.24) is 5.32 Å². The van der Waals surface area contributed by atoms with Crippen LogP contribution in [0.15, 0.2) is 30.3 Å². The van der Waals surface area contributed by atoms with Gasteiger partial charge in [0.05, 0.1) is 0 Å². The van der Waals surface area contributed by atoms with Crippen molar-refractivity contribution in [2.45, 2.75) is 37.6 Å². The first-order valence-corrected chi connectivity index (χ1v) is 6.52. The van der Waals surface area contributed by atoms with E-state index >= 15 is 0 Å². The Kier molecular flexibility index (Phi) is 4.23. The van der Waals surface area contributed by atoms with Gasteiger partial charge in [-0.25, -0.2) is 0 Å². The normalized spacial score (nSPS) is 24.0. The number of benzene rings is 1. The second kappa shape index (κ2) is 5.89. The van der Waals surface area contributed by atoms with Crippen molar-refractivity contribution in [3.05, 3.63) is 35.9 Å². The molecule has 0 aromatic heterocycles. The summed E-state index contributed by atoms with van der Waals surface area (Å²) >= 11 is 0. The molecule has 0 amide bonds. The predicted octanol–water partition coefficient (Wildman–Crippen LogP) is 3.18. The van der Waals surface area contributed by atoms with Gasteiger partial charge in [-0.3, -0.25) is 0 Å². The second-order valence-electron chi connectivity index (χ2n) is 4.91. The number of rotatable bonds is 6. The van der Waals surface area contributed by atoms with Crippen LogP contribution in [0.3, 0.4) is 0 Å². The van der Waals surface area contributed by atoms with Gasteiger partial charge in [-0.15, -0.1) is 12.3 Å². The van der Waals surface area contributed by atoms with Gasteiger partial charge in [0.15, 0.2) is 0 Å². The predicted molar refractivity (Wildman–Crippen MR) is 72.8 cm³/mol. The van der Waals surface area contributed by atoms with Crippen molar-refractivity contribution in [3.63, 3.8) is 0 Å². The van der Waals surface area contributed by atoms with Crippen LogP contribution in [0.2, 0.25) is 0 Å². The van der Waals surface area contributed by atoms with E-state index in [9.17, 15) is 0 Å². The Morgan fingerprint density at radius 3 is 2.82 bits per heavy atom. The number of terminal acetylenes is 1. The molecule has 0 heterocycles. The van der Waals surface area contributed by atoms with Crippen molar-refractivity contribution >= 4 is 0 Å². The Bertz CT molecular complexity index is 376. The molecule has 1 N–H and O–H groups in total. The number of nitrogens with one attached hydrogen (secondary N) is 1. The molecule has 1 aromatic carbocycles. The maximum absolute atomic E-state index is 5.30. The average molecular weight is 227 g/mol. The van der Waals surface area contributed by atoms with Crippen molar-refractivity contribution in [2.75, 3.05) is 7.05 Å². The van der Waals surface area contributed by atoms with E-state index in [0.717, 1.165) is 24.7 Å². The molecule has 3 atom stereocenters. The smallest absolute Gasteiger partial charge is 0.00987 e. The molecular formula is C16H21N. The van der Waals surface area contributed by atoms with Gasteiger partial charge in [0.2, 0.25) is 0 Å². The summed E-state index contributed by atoms with van der Waals surface area (Å²) in [6.45, 7) is 0. The largest absolute Gasteiger partial charge is 0.317 e. The van der Waals surface area contributed by atoms with E-state index in [0.29, 0.717) is 6.04 Å². The lowest BCUT2D eigenvalue weighted by Gasteiger charge is -2.15. The van der Waals surface area contributed by atoms with Crippen molar-refractivity contribution < 1.29 is 0 Å². The van der Waals surface area contributed by atoms with E-state index in [-0.39, 0.29) is 0 Å². The molecule has 0 radical (unpaired) electrons. The standard InChI is InChI=1S/C16H21N/c1-3-4-6-11-16(17-2)15-12-14(15)13-9-7-5-8-10-13/h1,5,7-10,14-17H,4,6,11-12H2,2H3. The first-order valence-electron chi connectivity index (χ1n) is 6.52. The molecule has 0 spiro atoms. The fourth-order valence-electron chi connectivity index (χ4n) is 2.74. The topological polar surface area (TPSA) is 12.0 Å². The van der Waals surface area contributed by atoms with Gasteiger partial charge in [0, 0.05) is 12.5 Å². The molecule has 0 aliphatic heterocycles. The lowest BCUT2D eigenvalue weighted by Crippen LogP contribution is -2.27. The van der Waals surface area contributed by atoms with Crippen molar-refractivity contribution in [3.8, 4) is 12.3 Å². The summed E-state index contributed by atoms with van der Waals surface area (Å²) in [4.78, 5) is 0.